The van der Waals surface area contributed by atoms with Crippen LogP contribution in [0.25, 0.3) is 10.9 Å². The molecule has 5 rings (SSSR count). The third-order valence-electron chi connectivity index (χ3n) is 6.61. The fraction of sp³-hybridized carbons (Fsp3) is 0.440. The van der Waals surface area contributed by atoms with Gasteiger partial charge >= 0.3 is 5.97 Å². The maximum absolute atomic E-state index is 12.4. The van der Waals surface area contributed by atoms with Crippen LogP contribution in [-0.4, -0.2) is 22.6 Å². The lowest BCUT2D eigenvalue weighted by atomic mass is 9.89. The average molecular weight is 404 g/mol. The standard InChI is InChI=1S/C25H29N3O2/c1-30-25(29)21-14-19(18-10-11-18)15-26-24(21)27-22-8-5-9-23-20(22)12-13-28(23)16-17-6-3-2-4-7-17/h5,8-9,12-15,17-18H,2-4,6-7,10-11,16H2,1H3,(H,26,27). The number of nitrogens with one attached hydrogen (secondary N) is 1. The van der Waals surface area contributed by atoms with E-state index in [9.17, 15) is 4.79 Å². The van der Waals surface area contributed by atoms with Crippen molar-refractivity contribution >= 4 is 28.4 Å². The van der Waals surface area contributed by atoms with Gasteiger partial charge in [-0.1, -0.05) is 25.3 Å². The number of rotatable bonds is 6. The molecule has 0 atom stereocenters. The molecule has 5 nitrogen and oxygen atoms in total. The van der Waals surface area contributed by atoms with Crippen molar-refractivity contribution in [1.82, 2.24) is 9.55 Å². The quantitative estimate of drug-likeness (QED) is 0.511. The van der Waals surface area contributed by atoms with Gasteiger partial charge in [-0.15, -0.1) is 0 Å². The number of methoxy groups -OCH3 is 1. The Morgan fingerprint density at radius 1 is 1.17 bits per heavy atom. The third kappa shape index (κ3) is 3.81. The van der Waals surface area contributed by atoms with Gasteiger partial charge < -0.3 is 14.6 Å². The highest BCUT2D eigenvalue weighted by Gasteiger charge is 2.26. The molecule has 0 aliphatic heterocycles. The summed E-state index contributed by atoms with van der Waals surface area (Å²) < 4.78 is 7.40. The van der Waals surface area contributed by atoms with E-state index in [1.54, 1.807) is 0 Å². The molecule has 0 bridgehead atoms. The van der Waals surface area contributed by atoms with Gasteiger partial charge in [-0.3, -0.25) is 0 Å². The molecule has 1 aromatic carbocycles. The summed E-state index contributed by atoms with van der Waals surface area (Å²) in [6.45, 7) is 1.08. The van der Waals surface area contributed by atoms with Gasteiger partial charge in [0, 0.05) is 30.0 Å². The number of carbonyl (C=O) groups excluding carboxylic acids is 1. The van der Waals surface area contributed by atoms with Crippen LogP contribution in [-0.2, 0) is 11.3 Å². The summed E-state index contributed by atoms with van der Waals surface area (Å²) in [4.78, 5) is 17.0. The Labute approximate surface area is 177 Å². The van der Waals surface area contributed by atoms with Gasteiger partial charge in [0.1, 0.15) is 11.4 Å². The molecule has 0 unspecified atom stereocenters. The molecule has 2 aromatic heterocycles. The molecule has 0 saturated heterocycles. The second-order valence-corrected chi connectivity index (χ2v) is 8.77. The molecule has 0 radical (unpaired) electrons. The van der Waals surface area contributed by atoms with Gasteiger partial charge in [0.15, 0.2) is 0 Å². The number of hydrogen-bond acceptors (Lipinski definition) is 4. The van der Waals surface area contributed by atoms with Crippen molar-refractivity contribution in [3.63, 3.8) is 0 Å². The van der Waals surface area contributed by atoms with E-state index in [1.165, 1.54) is 57.6 Å². The largest absolute Gasteiger partial charge is 0.465 e. The first-order chi connectivity index (χ1) is 14.7. The maximum Gasteiger partial charge on any atom is 0.341 e. The lowest BCUT2D eigenvalue weighted by Gasteiger charge is -2.22. The Morgan fingerprint density at radius 3 is 2.77 bits per heavy atom. The van der Waals surface area contributed by atoms with E-state index >= 15 is 0 Å². The summed E-state index contributed by atoms with van der Waals surface area (Å²) in [5.41, 5.74) is 3.81. The normalized spacial score (nSPS) is 17.2. The van der Waals surface area contributed by atoms with E-state index in [0.29, 0.717) is 17.3 Å². The minimum Gasteiger partial charge on any atom is -0.465 e. The molecule has 3 aromatic rings. The van der Waals surface area contributed by atoms with Crippen molar-refractivity contribution in [2.24, 2.45) is 5.92 Å². The number of hydrogen-bond donors (Lipinski definition) is 1. The number of anilines is 2. The first-order valence-corrected chi connectivity index (χ1v) is 11.2. The SMILES string of the molecule is COC(=O)c1cc(C2CC2)cnc1Nc1cccc2c1ccn2CC1CCCCC1. The molecule has 156 valence electrons. The number of ether oxygens (including phenoxy) is 1. The summed E-state index contributed by atoms with van der Waals surface area (Å²) >= 11 is 0. The third-order valence-corrected chi connectivity index (χ3v) is 6.61. The van der Waals surface area contributed by atoms with Crippen molar-refractivity contribution in [2.75, 3.05) is 12.4 Å². The second kappa shape index (κ2) is 8.13. The van der Waals surface area contributed by atoms with Crippen LogP contribution < -0.4 is 5.32 Å². The van der Waals surface area contributed by atoms with Crippen LogP contribution in [0.15, 0.2) is 42.7 Å². The molecule has 2 heterocycles. The second-order valence-electron chi connectivity index (χ2n) is 8.77. The van der Waals surface area contributed by atoms with E-state index in [-0.39, 0.29) is 5.97 Å². The van der Waals surface area contributed by atoms with Crippen LogP contribution in [0.1, 0.15) is 66.8 Å². The van der Waals surface area contributed by atoms with E-state index in [2.05, 4.69) is 39.3 Å². The van der Waals surface area contributed by atoms with Crippen molar-refractivity contribution in [1.29, 1.82) is 0 Å². The minimum absolute atomic E-state index is 0.352. The van der Waals surface area contributed by atoms with Crippen molar-refractivity contribution < 1.29 is 9.53 Å². The number of esters is 1. The van der Waals surface area contributed by atoms with Crippen molar-refractivity contribution in [3.8, 4) is 0 Å². The fourth-order valence-corrected chi connectivity index (χ4v) is 4.75. The maximum atomic E-state index is 12.4. The summed E-state index contributed by atoms with van der Waals surface area (Å²) in [6.07, 6.45) is 13.2. The van der Waals surface area contributed by atoms with E-state index in [1.807, 2.05) is 18.3 Å². The van der Waals surface area contributed by atoms with E-state index in [4.69, 9.17) is 4.74 Å². The smallest absolute Gasteiger partial charge is 0.341 e. The molecular formula is C25H29N3O2. The summed E-state index contributed by atoms with van der Waals surface area (Å²) in [5, 5.41) is 4.56. The average Bonchev–Trinajstić information content (AvgIpc) is 3.56. The number of benzene rings is 1. The summed E-state index contributed by atoms with van der Waals surface area (Å²) in [7, 11) is 1.42. The monoisotopic (exact) mass is 403 g/mol. The number of pyridine rings is 1. The number of nitrogens with zero attached hydrogens (tertiary/aromatic N) is 2. The molecule has 2 aliphatic carbocycles. The molecule has 2 saturated carbocycles. The van der Waals surface area contributed by atoms with Gasteiger partial charge in [-0.05, 0) is 67.3 Å². The number of fused-ring (bicyclic) bond motifs is 1. The Hall–Kier alpha value is -2.82. The molecule has 2 fully saturated rings. The van der Waals surface area contributed by atoms with Gasteiger partial charge in [0.05, 0.1) is 12.6 Å². The molecule has 1 N–H and O–H groups in total. The highest BCUT2D eigenvalue weighted by molar-refractivity contribution is 5.99. The Bertz CT molecular complexity index is 1060. The van der Waals surface area contributed by atoms with Gasteiger partial charge in [0.25, 0.3) is 0 Å². The predicted octanol–water partition coefficient (Wildman–Crippen LogP) is 6.02. The fourth-order valence-electron chi connectivity index (χ4n) is 4.75. The van der Waals surface area contributed by atoms with Gasteiger partial charge in [-0.25, -0.2) is 9.78 Å². The molecule has 30 heavy (non-hydrogen) atoms. The topological polar surface area (TPSA) is 56.1 Å². The zero-order valence-corrected chi connectivity index (χ0v) is 17.6. The van der Waals surface area contributed by atoms with Crippen LogP contribution >= 0.6 is 0 Å². The molecular weight excluding hydrogens is 374 g/mol. The first kappa shape index (κ1) is 19.2. The summed E-state index contributed by atoms with van der Waals surface area (Å²) in [5.74, 6) is 1.51. The highest BCUT2D eigenvalue weighted by Crippen LogP contribution is 2.41. The van der Waals surface area contributed by atoms with Crippen LogP contribution in [0.3, 0.4) is 0 Å². The highest BCUT2D eigenvalue weighted by atomic mass is 16.5. The molecule has 0 amide bonds. The summed E-state index contributed by atoms with van der Waals surface area (Å²) in [6, 6.07) is 10.4. The van der Waals surface area contributed by atoms with E-state index < -0.39 is 0 Å². The van der Waals surface area contributed by atoms with Crippen LogP contribution in [0, 0.1) is 5.92 Å². The predicted molar refractivity (Wildman–Crippen MR) is 119 cm³/mol. The number of aromatic nitrogens is 2. The zero-order chi connectivity index (χ0) is 20.5. The Morgan fingerprint density at radius 2 is 2.00 bits per heavy atom. The van der Waals surface area contributed by atoms with Crippen LogP contribution in [0.2, 0.25) is 0 Å². The van der Waals surface area contributed by atoms with E-state index in [0.717, 1.165) is 29.1 Å². The molecule has 5 heteroatoms. The molecule has 0 spiro atoms. The molecule has 2 aliphatic rings. The Balaban J connectivity index is 1.45. The lowest BCUT2D eigenvalue weighted by molar-refractivity contribution is 0.0601. The van der Waals surface area contributed by atoms with Crippen molar-refractivity contribution in [3.05, 3.63) is 53.9 Å². The minimum atomic E-state index is -0.352. The van der Waals surface area contributed by atoms with Crippen molar-refractivity contribution in [2.45, 2.75) is 57.4 Å². The van der Waals surface area contributed by atoms with Crippen LogP contribution in [0.4, 0.5) is 11.5 Å². The number of carbonyl (C=O) groups is 1. The van der Waals surface area contributed by atoms with Gasteiger partial charge in [0.2, 0.25) is 0 Å². The van der Waals surface area contributed by atoms with Gasteiger partial charge in [-0.2, -0.15) is 0 Å². The lowest BCUT2D eigenvalue weighted by Crippen LogP contribution is -2.13. The van der Waals surface area contributed by atoms with Crippen LogP contribution in [0.5, 0.6) is 0 Å². The Kier molecular flexibility index (Phi) is 5.19. The zero-order valence-electron chi connectivity index (χ0n) is 17.6. The first-order valence-electron chi connectivity index (χ1n) is 11.2.